The van der Waals surface area contributed by atoms with Crippen LogP contribution in [0.5, 0.6) is 11.5 Å². The van der Waals surface area contributed by atoms with Gasteiger partial charge in [0.05, 0.1) is 33.1 Å². The van der Waals surface area contributed by atoms with Crippen LogP contribution < -0.4 is 19.7 Å². The highest BCUT2D eigenvalue weighted by Crippen LogP contribution is 2.40. The topological polar surface area (TPSA) is 119 Å². The number of fused-ring (bicyclic) bond motifs is 1. The van der Waals surface area contributed by atoms with Gasteiger partial charge in [-0.15, -0.1) is 0 Å². The Balaban J connectivity index is 1.17. The highest BCUT2D eigenvalue weighted by Gasteiger charge is 2.51. The molecular formula is C30H35N3O8. The van der Waals surface area contributed by atoms with Crippen molar-refractivity contribution in [1.29, 1.82) is 0 Å². The molecule has 41 heavy (non-hydrogen) atoms. The van der Waals surface area contributed by atoms with Crippen molar-refractivity contribution in [1.82, 2.24) is 10.2 Å². The van der Waals surface area contributed by atoms with E-state index in [0.29, 0.717) is 57.1 Å². The average Bonchev–Trinajstić information content (AvgIpc) is 3.61. The smallest absolute Gasteiger partial charge is 0.288 e. The van der Waals surface area contributed by atoms with Gasteiger partial charge in [-0.3, -0.25) is 9.59 Å². The molecule has 4 aliphatic heterocycles. The minimum atomic E-state index is -0.685. The number of likely N-dealkylation sites (tertiary alicyclic amines) is 1. The summed E-state index contributed by atoms with van der Waals surface area (Å²) in [4.78, 5) is 30.7. The van der Waals surface area contributed by atoms with Crippen LogP contribution in [0.2, 0.25) is 0 Å². The Kier molecular flexibility index (Phi) is 8.00. The Morgan fingerprint density at radius 3 is 2.66 bits per heavy atom. The molecule has 0 bridgehead atoms. The molecule has 6 rings (SSSR count). The molecule has 1 spiro atoms. The lowest BCUT2D eigenvalue weighted by atomic mass is 9.85. The van der Waals surface area contributed by atoms with E-state index in [-0.39, 0.29) is 50.1 Å². The summed E-state index contributed by atoms with van der Waals surface area (Å²) < 4.78 is 28.4. The van der Waals surface area contributed by atoms with Gasteiger partial charge in [0.2, 0.25) is 19.0 Å². The van der Waals surface area contributed by atoms with Crippen LogP contribution >= 0.6 is 0 Å². The van der Waals surface area contributed by atoms with Gasteiger partial charge in [0.1, 0.15) is 5.54 Å². The van der Waals surface area contributed by atoms with Gasteiger partial charge in [0.15, 0.2) is 17.3 Å². The third-order valence-corrected chi connectivity index (χ3v) is 8.14. The normalized spacial score (nSPS) is 22.9. The van der Waals surface area contributed by atoms with E-state index in [9.17, 15) is 9.59 Å². The number of piperidine rings is 1. The summed E-state index contributed by atoms with van der Waals surface area (Å²) in [5.41, 5.74) is 1.26. The standard InChI is InChI=1S/C30H35N3O8/c34-12-13-37-14-15-38-27-18-22(21-6-7-24-25(16-21)40-20-39-24)17-26(41-27)28(35)32-10-8-30(9-11-32)29(36)31-19-33(30)23-4-2-1-3-5-23/h1-7,16-17,22,27,34H,8-15,18-20H2,(H,31,36)/t22-,27+/m0/s1. The molecule has 2 saturated heterocycles. The molecule has 0 unspecified atom stereocenters. The van der Waals surface area contributed by atoms with Crippen LogP contribution in [-0.2, 0) is 23.8 Å². The van der Waals surface area contributed by atoms with E-state index in [2.05, 4.69) is 10.2 Å². The summed E-state index contributed by atoms with van der Waals surface area (Å²) >= 11 is 0. The van der Waals surface area contributed by atoms with Crippen LogP contribution in [0.1, 0.15) is 30.7 Å². The van der Waals surface area contributed by atoms with Crippen molar-refractivity contribution in [3.05, 3.63) is 65.9 Å². The predicted octanol–water partition coefficient (Wildman–Crippen LogP) is 2.11. The van der Waals surface area contributed by atoms with E-state index >= 15 is 0 Å². The van der Waals surface area contributed by atoms with E-state index in [1.807, 2.05) is 54.6 Å². The van der Waals surface area contributed by atoms with Crippen molar-refractivity contribution in [2.45, 2.75) is 37.0 Å². The molecule has 0 aliphatic carbocycles. The van der Waals surface area contributed by atoms with Gasteiger partial charge in [-0.2, -0.15) is 0 Å². The highest BCUT2D eigenvalue weighted by atomic mass is 16.7. The van der Waals surface area contributed by atoms with Crippen molar-refractivity contribution in [3.8, 4) is 11.5 Å². The summed E-state index contributed by atoms with van der Waals surface area (Å²) in [6.45, 7) is 2.21. The Hall–Kier alpha value is -3.80. The molecule has 4 aliphatic rings. The van der Waals surface area contributed by atoms with Gasteiger partial charge >= 0.3 is 0 Å². The van der Waals surface area contributed by atoms with E-state index in [1.165, 1.54) is 0 Å². The third-order valence-electron chi connectivity index (χ3n) is 8.14. The maximum atomic E-state index is 13.8. The lowest BCUT2D eigenvalue weighted by Gasteiger charge is -2.43. The molecular weight excluding hydrogens is 530 g/mol. The first-order chi connectivity index (χ1) is 20.1. The highest BCUT2D eigenvalue weighted by molar-refractivity contribution is 5.95. The van der Waals surface area contributed by atoms with Crippen LogP contribution in [0.15, 0.2) is 60.4 Å². The first kappa shape index (κ1) is 27.4. The minimum absolute atomic E-state index is 0.00124. The van der Waals surface area contributed by atoms with Crippen LogP contribution in [0.25, 0.3) is 0 Å². The minimum Gasteiger partial charge on any atom is -0.459 e. The van der Waals surface area contributed by atoms with Crippen LogP contribution in [0, 0.1) is 0 Å². The quantitative estimate of drug-likeness (QED) is 0.441. The maximum Gasteiger partial charge on any atom is 0.288 e. The average molecular weight is 566 g/mol. The van der Waals surface area contributed by atoms with Gasteiger partial charge in [0.25, 0.3) is 5.91 Å². The molecule has 218 valence electrons. The van der Waals surface area contributed by atoms with E-state index in [0.717, 1.165) is 11.3 Å². The van der Waals surface area contributed by atoms with Gasteiger partial charge < -0.3 is 43.9 Å². The number of benzene rings is 2. The largest absolute Gasteiger partial charge is 0.459 e. The monoisotopic (exact) mass is 565 g/mol. The number of hydrogen-bond donors (Lipinski definition) is 2. The zero-order chi connectivity index (χ0) is 28.2. The number of ether oxygens (including phenoxy) is 5. The summed E-state index contributed by atoms with van der Waals surface area (Å²) in [5.74, 6) is 1.22. The van der Waals surface area contributed by atoms with Crippen molar-refractivity contribution in [3.63, 3.8) is 0 Å². The second-order valence-electron chi connectivity index (χ2n) is 10.5. The second kappa shape index (κ2) is 12.0. The molecule has 0 aromatic heterocycles. The van der Waals surface area contributed by atoms with Crippen LogP contribution in [-0.4, -0.2) is 86.6 Å². The van der Waals surface area contributed by atoms with Gasteiger partial charge in [-0.05, 0) is 48.7 Å². The number of nitrogens with zero attached hydrogens (tertiary/aromatic N) is 2. The fourth-order valence-electron chi connectivity index (χ4n) is 5.96. The number of allylic oxidation sites excluding steroid dienone is 1. The molecule has 0 saturated carbocycles. The fraction of sp³-hybridized carbons (Fsp3) is 0.467. The number of anilines is 1. The van der Waals surface area contributed by atoms with E-state index in [4.69, 9.17) is 28.8 Å². The number of aliphatic hydroxyl groups is 1. The first-order valence-electron chi connectivity index (χ1n) is 14.1. The zero-order valence-corrected chi connectivity index (χ0v) is 22.8. The van der Waals surface area contributed by atoms with Crippen LogP contribution in [0.4, 0.5) is 5.69 Å². The second-order valence-corrected chi connectivity index (χ2v) is 10.5. The van der Waals surface area contributed by atoms with Crippen molar-refractivity contribution < 1.29 is 38.4 Å². The molecule has 11 heteroatoms. The van der Waals surface area contributed by atoms with Gasteiger partial charge in [0, 0.05) is 31.1 Å². The molecule has 4 heterocycles. The number of aliphatic hydroxyl groups excluding tert-OH is 1. The number of rotatable bonds is 9. The lowest BCUT2D eigenvalue weighted by Crippen LogP contribution is -2.57. The number of carbonyl (C=O) groups excluding carboxylic acids is 2. The molecule has 2 atom stereocenters. The Morgan fingerprint density at radius 2 is 1.85 bits per heavy atom. The summed E-state index contributed by atoms with van der Waals surface area (Å²) in [6, 6.07) is 15.7. The molecule has 2 amide bonds. The van der Waals surface area contributed by atoms with E-state index < -0.39 is 11.8 Å². The summed E-state index contributed by atoms with van der Waals surface area (Å²) in [7, 11) is 0. The number of amides is 2. The van der Waals surface area contributed by atoms with Crippen LogP contribution in [0.3, 0.4) is 0 Å². The molecule has 11 nitrogen and oxygen atoms in total. The Bertz CT molecular complexity index is 1280. The van der Waals surface area contributed by atoms with E-state index in [1.54, 1.807) is 4.90 Å². The molecule has 2 aromatic carbocycles. The number of carbonyl (C=O) groups is 2. The summed E-state index contributed by atoms with van der Waals surface area (Å²) in [5, 5.41) is 11.9. The SMILES string of the molecule is O=C(C1=C[C@H](c2ccc3c(c2)OCO3)C[C@H](OCCOCCO)O1)N1CCC2(CC1)C(=O)NCN2c1ccccc1. The summed E-state index contributed by atoms with van der Waals surface area (Å²) in [6.07, 6.45) is 2.73. The maximum absolute atomic E-state index is 13.8. The predicted molar refractivity (Wildman–Crippen MR) is 147 cm³/mol. The number of nitrogens with one attached hydrogen (secondary N) is 1. The molecule has 2 fully saturated rings. The van der Waals surface area contributed by atoms with Crippen molar-refractivity contribution in [2.75, 3.05) is 57.9 Å². The number of para-hydroxylation sites is 1. The molecule has 0 radical (unpaired) electrons. The van der Waals surface area contributed by atoms with Crippen molar-refractivity contribution in [2.24, 2.45) is 0 Å². The first-order valence-corrected chi connectivity index (χ1v) is 14.1. The Morgan fingerprint density at radius 1 is 1.05 bits per heavy atom. The zero-order valence-electron chi connectivity index (χ0n) is 22.8. The Labute approximate surface area is 238 Å². The van der Waals surface area contributed by atoms with Gasteiger partial charge in [-0.25, -0.2) is 0 Å². The van der Waals surface area contributed by atoms with Crippen molar-refractivity contribution >= 4 is 17.5 Å². The third kappa shape index (κ3) is 5.57. The fourth-order valence-corrected chi connectivity index (χ4v) is 5.96. The number of hydrogen-bond acceptors (Lipinski definition) is 9. The lowest BCUT2D eigenvalue weighted by molar-refractivity contribution is -0.157. The molecule has 2 N–H and O–H groups in total. The van der Waals surface area contributed by atoms with Gasteiger partial charge in [-0.1, -0.05) is 24.3 Å². The molecule has 2 aromatic rings.